The highest BCUT2D eigenvalue weighted by atomic mass is 19.1. The lowest BCUT2D eigenvalue weighted by molar-refractivity contribution is -0.130. The third kappa shape index (κ3) is 3.25. The number of nitrogens with zero attached hydrogens (tertiary/aromatic N) is 1. The lowest BCUT2D eigenvalue weighted by Gasteiger charge is -2.29. The molecule has 1 amide bonds. The van der Waals surface area contributed by atoms with E-state index in [2.05, 4.69) is 11.4 Å². The van der Waals surface area contributed by atoms with Crippen molar-refractivity contribution in [3.05, 3.63) is 35.4 Å². The number of amides is 1. The first-order valence-corrected chi connectivity index (χ1v) is 7.32. The molecule has 1 unspecified atom stereocenters. The smallest absolute Gasteiger partial charge is 0.240 e. The average molecular weight is 308 g/mol. The van der Waals surface area contributed by atoms with Gasteiger partial charge in [-0.2, -0.15) is 5.26 Å². The van der Waals surface area contributed by atoms with Gasteiger partial charge < -0.3 is 10.4 Å². The summed E-state index contributed by atoms with van der Waals surface area (Å²) in [4.78, 5) is 12.2. The molecule has 1 saturated carbocycles. The van der Waals surface area contributed by atoms with Crippen molar-refractivity contribution in [2.75, 3.05) is 6.54 Å². The highest BCUT2D eigenvalue weighted by Crippen LogP contribution is 2.36. The number of carbonyl (C=O) groups is 1. The van der Waals surface area contributed by atoms with Gasteiger partial charge in [-0.05, 0) is 25.0 Å². The van der Waals surface area contributed by atoms with Crippen LogP contribution >= 0.6 is 0 Å². The van der Waals surface area contributed by atoms with Gasteiger partial charge in [0.25, 0.3) is 0 Å². The molecule has 1 aromatic carbocycles. The molecular weight excluding hydrogens is 290 g/mol. The Labute approximate surface area is 127 Å². The van der Waals surface area contributed by atoms with Crippen LogP contribution in [0.15, 0.2) is 18.2 Å². The number of carbonyl (C=O) groups excluding carboxylic acids is 1. The number of hydrogen-bond acceptors (Lipinski definition) is 3. The van der Waals surface area contributed by atoms with Crippen molar-refractivity contribution in [2.45, 2.75) is 38.2 Å². The maximum absolute atomic E-state index is 13.6. The van der Waals surface area contributed by atoms with E-state index in [0.717, 1.165) is 31.4 Å². The summed E-state index contributed by atoms with van der Waals surface area (Å²) >= 11 is 0. The first-order chi connectivity index (χ1) is 10.5. The second kappa shape index (κ2) is 6.84. The molecule has 0 heterocycles. The fourth-order valence-electron chi connectivity index (χ4n) is 2.83. The van der Waals surface area contributed by atoms with Crippen molar-refractivity contribution in [1.29, 1.82) is 5.26 Å². The highest BCUT2D eigenvalue weighted by molar-refractivity contribution is 5.85. The van der Waals surface area contributed by atoms with Crippen LogP contribution in [-0.4, -0.2) is 17.6 Å². The van der Waals surface area contributed by atoms with E-state index in [-0.39, 0.29) is 6.54 Å². The number of halogens is 2. The molecule has 2 rings (SSSR count). The second-order valence-corrected chi connectivity index (χ2v) is 5.62. The number of nitriles is 1. The molecule has 6 heteroatoms. The maximum Gasteiger partial charge on any atom is 0.240 e. The van der Waals surface area contributed by atoms with Crippen molar-refractivity contribution in [3.63, 3.8) is 0 Å². The summed E-state index contributed by atoms with van der Waals surface area (Å²) in [7, 11) is 0. The topological polar surface area (TPSA) is 73.1 Å². The fourth-order valence-corrected chi connectivity index (χ4v) is 2.83. The number of aliphatic hydroxyl groups is 1. The number of rotatable bonds is 4. The Morgan fingerprint density at radius 2 is 1.91 bits per heavy atom. The van der Waals surface area contributed by atoms with E-state index in [1.54, 1.807) is 0 Å². The van der Waals surface area contributed by atoms with Gasteiger partial charge >= 0.3 is 0 Å². The van der Waals surface area contributed by atoms with Crippen LogP contribution in [0.4, 0.5) is 8.78 Å². The van der Waals surface area contributed by atoms with Gasteiger partial charge in [-0.15, -0.1) is 0 Å². The fraction of sp³-hybridized carbons (Fsp3) is 0.500. The Morgan fingerprint density at radius 3 is 2.45 bits per heavy atom. The highest BCUT2D eigenvalue weighted by Gasteiger charge is 2.39. The molecular formula is C16H18F2N2O2. The predicted molar refractivity (Wildman–Crippen MR) is 75.5 cm³/mol. The minimum Gasteiger partial charge on any atom is -0.386 e. The Hall–Kier alpha value is -2.00. The van der Waals surface area contributed by atoms with Crippen molar-refractivity contribution < 1.29 is 18.7 Å². The maximum atomic E-state index is 13.6. The number of aliphatic hydroxyl groups excluding tert-OH is 1. The Kier molecular flexibility index (Phi) is 5.09. The molecule has 2 N–H and O–H groups in total. The number of benzene rings is 1. The SMILES string of the molecule is N#CC1(C(=O)NCC(O)c2c(F)cccc2F)CCCCC1. The summed E-state index contributed by atoms with van der Waals surface area (Å²) in [6.07, 6.45) is 2.03. The van der Waals surface area contributed by atoms with Crippen molar-refractivity contribution in [1.82, 2.24) is 5.32 Å². The standard InChI is InChI=1S/C16H18F2N2O2/c17-11-5-4-6-12(18)14(11)13(21)9-20-15(22)16(10-19)7-2-1-3-8-16/h4-6,13,21H,1-3,7-9H2,(H,20,22). The van der Waals surface area contributed by atoms with Crippen LogP contribution in [0.5, 0.6) is 0 Å². The molecule has 0 aliphatic heterocycles. The first kappa shape index (κ1) is 16.4. The van der Waals surface area contributed by atoms with Crippen LogP contribution < -0.4 is 5.32 Å². The number of hydrogen-bond donors (Lipinski definition) is 2. The Balaban J connectivity index is 2.03. The minimum absolute atomic E-state index is 0.333. The summed E-state index contributed by atoms with van der Waals surface area (Å²) in [6, 6.07) is 5.35. The number of nitrogens with one attached hydrogen (secondary N) is 1. The zero-order valence-corrected chi connectivity index (χ0v) is 12.1. The molecule has 1 aliphatic carbocycles. The monoisotopic (exact) mass is 308 g/mol. The molecule has 0 aromatic heterocycles. The van der Waals surface area contributed by atoms with Gasteiger partial charge in [0, 0.05) is 6.54 Å². The molecule has 1 atom stereocenters. The molecule has 0 radical (unpaired) electrons. The molecule has 22 heavy (non-hydrogen) atoms. The largest absolute Gasteiger partial charge is 0.386 e. The first-order valence-electron chi connectivity index (χ1n) is 7.32. The summed E-state index contributed by atoms with van der Waals surface area (Å²) in [5.74, 6) is -2.21. The van der Waals surface area contributed by atoms with Gasteiger partial charge in [0.1, 0.15) is 23.2 Å². The van der Waals surface area contributed by atoms with Gasteiger partial charge in [0.15, 0.2) is 0 Å². The van der Waals surface area contributed by atoms with E-state index in [1.807, 2.05) is 0 Å². The molecule has 0 saturated heterocycles. The van der Waals surface area contributed by atoms with Gasteiger partial charge in [0.2, 0.25) is 5.91 Å². The van der Waals surface area contributed by atoms with E-state index < -0.39 is 34.6 Å². The van der Waals surface area contributed by atoms with Gasteiger partial charge in [-0.3, -0.25) is 4.79 Å². The predicted octanol–water partition coefficient (Wildman–Crippen LogP) is 2.59. The van der Waals surface area contributed by atoms with Crippen LogP contribution in [0.3, 0.4) is 0 Å². The normalized spacial score (nSPS) is 18.3. The van der Waals surface area contributed by atoms with E-state index in [1.165, 1.54) is 6.07 Å². The van der Waals surface area contributed by atoms with Crippen molar-refractivity contribution in [2.24, 2.45) is 5.41 Å². The van der Waals surface area contributed by atoms with Gasteiger partial charge in [-0.1, -0.05) is 25.3 Å². The van der Waals surface area contributed by atoms with Gasteiger partial charge in [-0.25, -0.2) is 8.78 Å². The third-order valence-corrected chi connectivity index (χ3v) is 4.14. The summed E-state index contributed by atoms with van der Waals surface area (Å²) in [6.45, 7) is -0.333. The average Bonchev–Trinajstić information content (AvgIpc) is 2.53. The molecule has 118 valence electrons. The van der Waals surface area contributed by atoms with Crippen molar-refractivity contribution in [3.8, 4) is 6.07 Å². The Bertz CT molecular complexity index is 572. The lowest BCUT2D eigenvalue weighted by atomic mass is 9.74. The molecule has 1 aliphatic rings. The quantitative estimate of drug-likeness (QED) is 0.898. The molecule has 0 spiro atoms. The van der Waals surface area contributed by atoms with E-state index in [4.69, 9.17) is 0 Å². The second-order valence-electron chi connectivity index (χ2n) is 5.62. The Morgan fingerprint density at radius 1 is 1.32 bits per heavy atom. The van der Waals surface area contributed by atoms with E-state index in [0.29, 0.717) is 12.8 Å². The van der Waals surface area contributed by atoms with E-state index in [9.17, 15) is 23.9 Å². The zero-order valence-electron chi connectivity index (χ0n) is 12.1. The molecule has 4 nitrogen and oxygen atoms in total. The van der Waals surface area contributed by atoms with Crippen LogP contribution in [0, 0.1) is 28.4 Å². The van der Waals surface area contributed by atoms with Crippen LogP contribution in [-0.2, 0) is 4.79 Å². The van der Waals surface area contributed by atoms with Crippen LogP contribution in [0.1, 0.15) is 43.8 Å². The minimum atomic E-state index is -1.50. The van der Waals surface area contributed by atoms with Crippen LogP contribution in [0.2, 0.25) is 0 Å². The van der Waals surface area contributed by atoms with Gasteiger partial charge in [0.05, 0.1) is 11.6 Å². The molecule has 1 fully saturated rings. The molecule has 0 bridgehead atoms. The van der Waals surface area contributed by atoms with E-state index >= 15 is 0 Å². The molecule has 1 aromatic rings. The summed E-state index contributed by atoms with van der Waals surface area (Å²) in [5, 5.41) is 21.6. The third-order valence-electron chi connectivity index (χ3n) is 4.14. The summed E-state index contributed by atoms with van der Waals surface area (Å²) in [5.41, 5.74) is -1.57. The van der Waals surface area contributed by atoms with Crippen LogP contribution in [0.25, 0.3) is 0 Å². The lowest BCUT2D eigenvalue weighted by Crippen LogP contribution is -2.43. The van der Waals surface area contributed by atoms with Crippen molar-refractivity contribution >= 4 is 5.91 Å². The zero-order chi connectivity index (χ0) is 16.2. The summed E-state index contributed by atoms with van der Waals surface area (Å²) < 4.78 is 27.1.